The minimum absolute atomic E-state index is 0.720. The number of aromatic nitrogens is 1. The van der Waals surface area contributed by atoms with Gasteiger partial charge in [-0.3, -0.25) is 0 Å². The van der Waals surface area contributed by atoms with E-state index in [-0.39, 0.29) is 0 Å². The molecule has 3 rings (SSSR count). The predicted molar refractivity (Wildman–Crippen MR) is 69.7 cm³/mol. The molecule has 0 amide bonds. The van der Waals surface area contributed by atoms with E-state index in [9.17, 15) is 0 Å². The van der Waals surface area contributed by atoms with Gasteiger partial charge in [0.2, 0.25) is 5.69 Å². The number of fused-ring (bicyclic) bond motifs is 3. The van der Waals surface area contributed by atoms with E-state index in [2.05, 4.69) is 61.0 Å². The number of nitrogens with zero attached hydrogens (tertiary/aromatic N) is 1. The van der Waals surface area contributed by atoms with E-state index in [1.54, 1.807) is 0 Å². The van der Waals surface area contributed by atoms with Crippen LogP contribution in [0.4, 0.5) is 0 Å². The lowest BCUT2D eigenvalue weighted by molar-refractivity contribution is -0.672. The quantitative estimate of drug-likeness (QED) is 0.589. The lowest BCUT2D eigenvalue weighted by atomic mass is 10.0. The zero-order valence-corrected chi connectivity index (χ0v) is 10.5. The molecule has 0 saturated carbocycles. The first kappa shape index (κ1) is 10.5. The van der Waals surface area contributed by atoms with Crippen LogP contribution in [-0.4, -0.2) is 0 Å². The largest absolute Gasteiger partial charge is 0.213 e. The van der Waals surface area contributed by atoms with Crippen LogP contribution in [0.1, 0.15) is 25.0 Å². The Bertz CT molecular complexity index is 555. The Balaban J connectivity index is 2.01. The van der Waals surface area contributed by atoms with Gasteiger partial charge in [0, 0.05) is 17.2 Å². The molecule has 1 aliphatic rings. The molecule has 1 heteroatoms. The molecule has 86 valence electrons. The number of hydrogen-bond acceptors (Lipinski definition) is 0. The van der Waals surface area contributed by atoms with Crippen LogP contribution in [0.3, 0.4) is 0 Å². The molecule has 1 aliphatic heterocycles. The van der Waals surface area contributed by atoms with E-state index in [0.29, 0.717) is 0 Å². The summed E-state index contributed by atoms with van der Waals surface area (Å²) in [5, 5.41) is 0. The van der Waals surface area contributed by atoms with Crippen LogP contribution >= 0.6 is 0 Å². The van der Waals surface area contributed by atoms with Gasteiger partial charge >= 0.3 is 0 Å². The summed E-state index contributed by atoms with van der Waals surface area (Å²) in [6.07, 6.45) is 3.48. The normalized spacial score (nSPS) is 12.6. The summed E-state index contributed by atoms with van der Waals surface area (Å²) in [5.41, 5.74) is 5.63. The molecule has 2 heterocycles. The van der Waals surface area contributed by atoms with Crippen molar-refractivity contribution in [2.75, 3.05) is 0 Å². The van der Waals surface area contributed by atoms with Crippen molar-refractivity contribution in [1.82, 2.24) is 0 Å². The van der Waals surface area contributed by atoms with Gasteiger partial charge in [0.15, 0.2) is 12.7 Å². The van der Waals surface area contributed by atoms with Crippen LogP contribution in [0.5, 0.6) is 0 Å². The first-order chi connectivity index (χ1) is 8.24. The summed E-state index contributed by atoms with van der Waals surface area (Å²) in [5.74, 6) is 0.720. The van der Waals surface area contributed by atoms with Gasteiger partial charge in [0.05, 0.1) is 5.56 Å². The zero-order chi connectivity index (χ0) is 11.8. The fourth-order valence-electron chi connectivity index (χ4n) is 2.65. The van der Waals surface area contributed by atoms with Crippen LogP contribution in [0.2, 0.25) is 0 Å². The fraction of sp³-hybridized carbons (Fsp3) is 0.312. The van der Waals surface area contributed by atoms with E-state index < -0.39 is 0 Å². The Morgan fingerprint density at radius 2 is 1.94 bits per heavy atom. The Labute approximate surface area is 103 Å². The van der Waals surface area contributed by atoms with Crippen molar-refractivity contribution < 1.29 is 4.57 Å². The Kier molecular flexibility index (Phi) is 2.47. The van der Waals surface area contributed by atoms with Crippen LogP contribution in [0, 0.1) is 5.92 Å². The third kappa shape index (κ3) is 1.86. The molecule has 0 spiro atoms. The van der Waals surface area contributed by atoms with Gasteiger partial charge in [-0.15, -0.1) is 0 Å². The third-order valence-electron chi connectivity index (χ3n) is 3.36. The first-order valence-corrected chi connectivity index (χ1v) is 6.34. The fourth-order valence-corrected chi connectivity index (χ4v) is 2.65. The molecule has 1 aromatic carbocycles. The molecule has 0 bridgehead atoms. The van der Waals surface area contributed by atoms with Gasteiger partial charge in [0.1, 0.15) is 0 Å². The average Bonchev–Trinajstić information content (AvgIpc) is 2.65. The minimum atomic E-state index is 0.720. The van der Waals surface area contributed by atoms with E-state index in [1.807, 2.05) is 0 Å². The second kappa shape index (κ2) is 3.99. The van der Waals surface area contributed by atoms with Crippen molar-refractivity contribution in [3.8, 4) is 11.3 Å². The molecule has 0 atom stereocenters. The third-order valence-corrected chi connectivity index (χ3v) is 3.36. The Hall–Kier alpha value is -1.63. The molecule has 0 unspecified atom stereocenters. The molecule has 2 aromatic rings. The van der Waals surface area contributed by atoms with Crippen LogP contribution < -0.4 is 4.57 Å². The monoisotopic (exact) mass is 224 g/mol. The highest BCUT2D eigenvalue weighted by Crippen LogP contribution is 2.26. The second-order valence-electron chi connectivity index (χ2n) is 5.31. The first-order valence-electron chi connectivity index (χ1n) is 6.34. The van der Waals surface area contributed by atoms with Gasteiger partial charge in [-0.2, -0.15) is 4.57 Å². The molecular weight excluding hydrogens is 206 g/mol. The van der Waals surface area contributed by atoms with Gasteiger partial charge in [0.25, 0.3) is 0 Å². The molecule has 1 aromatic heterocycles. The molecule has 1 nitrogen and oxygen atoms in total. The molecule has 0 aliphatic carbocycles. The maximum Gasteiger partial charge on any atom is 0.213 e. The van der Waals surface area contributed by atoms with E-state index >= 15 is 0 Å². The molecule has 0 saturated heterocycles. The summed E-state index contributed by atoms with van der Waals surface area (Å²) in [4.78, 5) is 0. The highest BCUT2D eigenvalue weighted by atomic mass is 15.0. The molecule has 0 fully saturated rings. The number of rotatable bonds is 2. The summed E-state index contributed by atoms with van der Waals surface area (Å²) < 4.78 is 2.38. The Morgan fingerprint density at radius 1 is 1.12 bits per heavy atom. The van der Waals surface area contributed by atoms with Gasteiger partial charge in [-0.1, -0.05) is 32.0 Å². The standard InChI is InChI=1S/C16H18N/c1-12(2)9-13-7-8-16-15-6-4-3-5-14(15)11-17(16)10-13/h3-8,10,12H,9,11H2,1-2H3/q+1. The predicted octanol–water partition coefficient (Wildman–Crippen LogP) is 3.20. The molecule has 17 heavy (non-hydrogen) atoms. The van der Waals surface area contributed by atoms with E-state index in [4.69, 9.17) is 0 Å². The van der Waals surface area contributed by atoms with Gasteiger partial charge in [-0.05, 0) is 24.5 Å². The summed E-state index contributed by atoms with van der Waals surface area (Å²) >= 11 is 0. The van der Waals surface area contributed by atoms with Crippen molar-refractivity contribution in [2.45, 2.75) is 26.8 Å². The van der Waals surface area contributed by atoms with Crippen molar-refractivity contribution >= 4 is 0 Å². The second-order valence-corrected chi connectivity index (χ2v) is 5.31. The lowest BCUT2D eigenvalue weighted by Gasteiger charge is -2.03. The van der Waals surface area contributed by atoms with E-state index in [1.165, 1.54) is 22.4 Å². The van der Waals surface area contributed by atoms with Gasteiger partial charge in [-0.25, -0.2) is 0 Å². The van der Waals surface area contributed by atoms with Gasteiger partial charge < -0.3 is 0 Å². The number of benzene rings is 1. The number of hydrogen-bond donors (Lipinski definition) is 0. The lowest BCUT2D eigenvalue weighted by Crippen LogP contribution is -2.32. The SMILES string of the molecule is CC(C)Cc1ccc2[n+](c1)Cc1ccccc1-2. The highest BCUT2D eigenvalue weighted by Gasteiger charge is 2.25. The Morgan fingerprint density at radius 3 is 2.76 bits per heavy atom. The van der Waals surface area contributed by atoms with Crippen LogP contribution in [0.25, 0.3) is 11.3 Å². The summed E-state index contributed by atoms with van der Waals surface area (Å²) in [6.45, 7) is 5.57. The van der Waals surface area contributed by atoms with Crippen molar-refractivity contribution in [1.29, 1.82) is 0 Å². The maximum absolute atomic E-state index is 2.38. The molecular formula is C16H18N+. The van der Waals surface area contributed by atoms with E-state index in [0.717, 1.165) is 18.9 Å². The highest BCUT2D eigenvalue weighted by molar-refractivity contribution is 5.63. The summed E-state index contributed by atoms with van der Waals surface area (Å²) in [7, 11) is 0. The van der Waals surface area contributed by atoms with Crippen molar-refractivity contribution in [2.24, 2.45) is 5.92 Å². The maximum atomic E-state index is 2.38. The van der Waals surface area contributed by atoms with Crippen molar-refractivity contribution in [3.05, 3.63) is 53.7 Å². The smallest absolute Gasteiger partial charge is 0.194 e. The average molecular weight is 224 g/mol. The molecule has 0 N–H and O–H groups in total. The van der Waals surface area contributed by atoms with Crippen molar-refractivity contribution in [3.63, 3.8) is 0 Å². The number of pyridine rings is 1. The topological polar surface area (TPSA) is 3.88 Å². The molecule has 0 radical (unpaired) electrons. The minimum Gasteiger partial charge on any atom is -0.194 e. The summed E-state index contributed by atoms with van der Waals surface area (Å²) in [6, 6.07) is 13.2. The van der Waals surface area contributed by atoms with Crippen LogP contribution in [0.15, 0.2) is 42.6 Å². The van der Waals surface area contributed by atoms with Crippen LogP contribution in [-0.2, 0) is 13.0 Å². The zero-order valence-electron chi connectivity index (χ0n) is 10.5.